The van der Waals surface area contributed by atoms with E-state index in [9.17, 15) is 14.4 Å². The van der Waals surface area contributed by atoms with Crippen molar-refractivity contribution in [3.63, 3.8) is 0 Å². The molecule has 1 aliphatic heterocycles. The maximum absolute atomic E-state index is 12.2. The van der Waals surface area contributed by atoms with Crippen LogP contribution in [-0.4, -0.2) is 47.9 Å². The zero-order valence-corrected chi connectivity index (χ0v) is 16.7. The highest BCUT2D eigenvalue weighted by Crippen LogP contribution is 2.17. The number of amides is 2. The molecule has 6 nitrogen and oxygen atoms in total. The van der Waals surface area contributed by atoms with Crippen LogP contribution in [0.5, 0.6) is 0 Å². The largest absolute Gasteiger partial charge is 0.459 e. The number of nitrogens with one attached hydrogen (secondary N) is 1. The number of Topliss-reactive ketones (excluding diaryl/α,β-unsaturated/α-hetero) is 1. The molecular formula is C21H24N2O4S. The minimum atomic E-state index is -0.120. The van der Waals surface area contributed by atoms with Gasteiger partial charge in [0.05, 0.1) is 6.26 Å². The van der Waals surface area contributed by atoms with Crippen LogP contribution in [0.2, 0.25) is 0 Å². The normalized spacial score (nSPS) is 14.7. The Balaban J connectivity index is 1.39. The van der Waals surface area contributed by atoms with E-state index >= 15 is 0 Å². The lowest BCUT2D eigenvalue weighted by molar-refractivity contribution is -0.122. The van der Waals surface area contributed by atoms with E-state index in [2.05, 4.69) is 5.32 Å². The minimum absolute atomic E-state index is 0.0262. The Bertz CT molecular complexity index is 809. The fourth-order valence-electron chi connectivity index (χ4n) is 3.23. The van der Waals surface area contributed by atoms with Crippen LogP contribution in [0.4, 0.5) is 0 Å². The number of hydrogen-bond donors (Lipinski definition) is 1. The van der Waals surface area contributed by atoms with Crippen LogP contribution >= 0.6 is 11.8 Å². The molecule has 2 aromatic rings. The van der Waals surface area contributed by atoms with Crippen molar-refractivity contribution in [2.24, 2.45) is 0 Å². The molecular weight excluding hydrogens is 376 g/mol. The molecule has 0 spiro atoms. The number of likely N-dealkylation sites (tertiary alicyclic amines) is 1. The van der Waals surface area contributed by atoms with E-state index < -0.39 is 0 Å². The number of thioether (sulfide) groups is 1. The third-order valence-electron chi connectivity index (χ3n) is 4.87. The molecule has 3 rings (SSSR count). The van der Waals surface area contributed by atoms with E-state index in [0.717, 1.165) is 4.90 Å². The number of piperidine rings is 1. The molecule has 148 valence electrons. The summed E-state index contributed by atoms with van der Waals surface area (Å²) in [5.41, 5.74) is 0.635. The monoisotopic (exact) mass is 400 g/mol. The van der Waals surface area contributed by atoms with Gasteiger partial charge < -0.3 is 14.6 Å². The molecule has 1 aromatic heterocycles. The molecule has 0 radical (unpaired) electrons. The second kappa shape index (κ2) is 9.59. The van der Waals surface area contributed by atoms with Crippen molar-refractivity contribution < 1.29 is 18.8 Å². The molecule has 0 atom stereocenters. The highest BCUT2D eigenvalue weighted by atomic mass is 32.2. The molecule has 1 aromatic carbocycles. The Morgan fingerprint density at radius 2 is 1.82 bits per heavy atom. The number of rotatable bonds is 7. The maximum Gasteiger partial charge on any atom is 0.289 e. The Hall–Kier alpha value is -2.54. The lowest BCUT2D eigenvalue weighted by Gasteiger charge is -2.31. The van der Waals surface area contributed by atoms with Gasteiger partial charge in [-0.2, -0.15) is 0 Å². The van der Waals surface area contributed by atoms with Crippen LogP contribution < -0.4 is 5.32 Å². The summed E-state index contributed by atoms with van der Waals surface area (Å²) in [5, 5.41) is 2.98. The van der Waals surface area contributed by atoms with Gasteiger partial charge >= 0.3 is 0 Å². The first kappa shape index (κ1) is 20.2. The maximum atomic E-state index is 12.2. The Kier molecular flexibility index (Phi) is 6.92. The highest BCUT2D eigenvalue weighted by molar-refractivity contribution is 7.98. The summed E-state index contributed by atoms with van der Waals surface area (Å²) in [6.45, 7) is 1.15. The van der Waals surface area contributed by atoms with Gasteiger partial charge in [0.25, 0.3) is 5.91 Å². The molecule has 0 saturated carbocycles. The van der Waals surface area contributed by atoms with Gasteiger partial charge in [-0.05, 0) is 43.4 Å². The van der Waals surface area contributed by atoms with Crippen molar-refractivity contribution in [2.75, 3.05) is 19.3 Å². The fourth-order valence-corrected chi connectivity index (χ4v) is 3.64. The summed E-state index contributed by atoms with van der Waals surface area (Å²) in [4.78, 5) is 39.5. The van der Waals surface area contributed by atoms with Gasteiger partial charge in [0, 0.05) is 42.4 Å². The van der Waals surface area contributed by atoms with E-state index in [1.165, 1.54) is 6.26 Å². The smallest absolute Gasteiger partial charge is 0.289 e. The van der Waals surface area contributed by atoms with Crippen LogP contribution in [0.15, 0.2) is 52.0 Å². The van der Waals surface area contributed by atoms with Crippen molar-refractivity contribution in [1.82, 2.24) is 10.2 Å². The van der Waals surface area contributed by atoms with Gasteiger partial charge in [-0.25, -0.2) is 0 Å². The van der Waals surface area contributed by atoms with Crippen molar-refractivity contribution in [2.45, 2.75) is 36.6 Å². The minimum Gasteiger partial charge on any atom is -0.459 e. The molecule has 28 heavy (non-hydrogen) atoms. The third kappa shape index (κ3) is 5.25. The third-order valence-corrected chi connectivity index (χ3v) is 5.61. The topological polar surface area (TPSA) is 79.6 Å². The van der Waals surface area contributed by atoms with Crippen molar-refractivity contribution in [3.05, 3.63) is 54.0 Å². The fraction of sp³-hybridized carbons (Fsp3) is 0.381. The molecule has 1 N–H and O–H groups in total. The van der Waals surface area contributed by atoms with Gasteiger partial charge in [0.1, 0.15) is 0 Å². The van der Waals surface area contributed by atoms with Gasteiger partial charge in [-0.15, -0.1) is 11.8 Å². The van der Waals surface area contributed by atoms with E-state index in [1.807, 2.05) is 18.4 Å². The quantitative estimate of drug-likeness (QED) is 0.569. The van der Waals surface area contributed by atoms with Crippen LogP contribution in [0.1, 0.15) is 46.6 Å². The van der Waals surface area contributed by atoms with Gasteiger partial charge in [0.15, 0.2) is 11.5 Å². The number of carbonyl (C=O) groups excluding carboxylic acids is 3. The predicted octanol–water partition coefficient (Wildman–Crippen LogP) is 3.39. The zero-order valence-electron chi connectivity index (χ0n) is 15.8. The van der Waals surface area contributed by atoms with E-state index in [1.54, 1.807) is 40.9 Å². The average Bonchev–Trinajstić information content (AvgIpc) is 3.27. The van der Waals surface area contributed by atoms with Crippen molar-refractivity contribution in [1.29, 1.82) is 0 Å². The van der Waals surface area contributed by atoms with E-state index in [0.29, 0.717) is 37.3 Å². The predicted molar refractivity (Wildman–Crippen MR) is 108 cm³/mol. The number of furan rings is 1. The number of nitrogens with zero attached hydrogens (tertiary/aromatic N) is 1. The van der Waals surface area contributed by atoms with E-state index in [4.69, 9.17) is 4.42 Å². The van der Waals surface area contributed by atoms with Crippen LogP contribution in [0, 0.1) is 0 Å². The first-order valence-electron chi connectivity index (χ1n) is 9.36. The number of ketones is 1. The average molecular weight is 401 g/mol. The molecule has 0 unspecified atom stereocenters. The standard InChI is InChI=1S/C21H24N2O4S/c1-28-17-6-4-15(5-7-17)18(24)8-9-20(25)22-16-10-12-23(13-11-16)21(26)19-3-2-14-27-19/h2-7,14,16H,8-13H2,1H3,(H,22,25). The summed E-state index contributed by atoms with van der Waals surface area (Å²) >= 11 is 1.62. The first-order chi connectivity index (χ1) is 13.6. The second-order valence-corrected chi connectivity index (χ2v) is 7.64. The zero-order chi connectivity index (χ0) is 19.9. The molecule has 2 heterocycles. The van der Waals surface area contributed by atoms with Gasteiger partial charge in [-0.3, -0.25) is 14.4 Å². The molecule has 1 aliphatic rings. The Morgan fingerprint density at radius 3 is 2.43 bits per heavy atom. The summed E-state index contributed by atoms with van der Waals surface area (Å²) in [6.07, 6.45) is 5.23. The summed E-state index contributed by atoms with van der Waals surface area (Å²) < 4.78 is 5.15. The Labute approximate surface area is 168 Å². The summed E-state index contributed by atoms with van der Waals surface area (Å²) in [6, 6.07) is 10.8. The molecule has 2 amide bonds. The molecule has 0 aliphatic carbocycles. The first-order valence-corrected chi connectivity index (χ1v) is 10.6. The molecule has 7 heteroatoms. The highest BCUT2D eigenvalue weighted by Gasteiger charge is 2.25. The second-order valence-electron chi connectivity index (χ2n) is 6.76. The molecule has 1 saturated heterocycles. The van der Waals surface area contributed by atoms with Crippen molar-refractivity contribution >= 4 is 29.4 Å². The number of benzene rings is 1. The lowest BCUT2D eigenvalue weighted by Crippen LogP contribution is -2.46. The molecule has 1 fully saturated rings. The van der Waals surface area contributed by atoms with Crippen LogP contribution in [0.3, 0.4) is 0 Å². The lowest BCUT2D eigenvalue weighted by atomic mass is 10.0. The van der Waals surface area contributed by atoms with Gasteiger partial charge in [0.2, 0.25) is 5.91 Å². The van der Waals surface area contributed by atoms with Crippen molar-refractivity contribution in [3.8, 4) is 0 Å². The SMILES string of the molecule is CSc1ccc(C(=O)CCC(=O)NC2CCN(C(=O)c3ccco3)CC2)cc1. The Morgan fingerprint density at radius 1 is 1.11 bits per heavy atom. The number of carbonyl (C=O) groups is 3. The summed E-state index contributed by atoms with van der Waals surface area (Å²) in [7, 11) is 0. The molecule has 0 bridgehead atoms. The van der Waals surface area contributed by atoms with E-state index in [-0.39, 0.29) is 36.5 Å². The number of hydrogen-bond acceptors (Lipinski definition) is 5. The van der Waals surface area contributed by atoms with Crippen LogP contribution in [0.25, 0.3) is 0 Å². The van der Waals surface area contributed by atoms with Crippen LogP contribution in [-0.2, 0) is 4.79 Å². The summed E-state index contributed by atoms with van der Waals surface area (Å²) in [5.74, 6) is 0.0750. The van der Waals surface area contributed by atoms with Gasteiger partial charge in [-0.1, -0.05) is 12.1 Å².